The van der Waals surface area contributed by atoms with Crippen LogP contribution in [0.25, 0.3) is 10.8 Å². The quantitative estimate of drug-likeness (QED) is 0.791. The molecule has 1 saturated carbocycles. The van der Waals surface area contributed by atoms with Crippen LogP contribution < -0.4 is 5.32 Å². The first-order valence-corrected chi connectivity index (χ1v) is 7.79. The summed E-state index contributed by atoms with van der Waals surface area (Å²) in [5.74, 6) is 0.341. The Bertz CT molecular complexity index is 599. The topological polar surface area (TPSA) is 52.5 Å². The highest BCUT2D eigenvalue weighted by atomic mass is 16.3. The van der Waals surface area contributed by atoms with Crippen molar-refractivity contribution < 1.29 is 10.2 Å². The molecule has 0 radical (unpaired) electrons. The lowest BCUT2D eigenvalue weighted by Gasteiger charge is -2.21. The van der Waals surface area contributed by atoms with Gasteiger partial charge in [-0.15, -0.1) is 0 Å². The van der Waals surface area contributed by atoms with E-state index in [1.54, 1.807) is 0 Å². The Morgan fingerprint density at radius 2 is 1.90 bits per heavy atom. The molecule has 2 aromatic rings. The van der Waals surface area contributed by atoms with Crippen molar-refractivity contribution in [2.75, 3.05) is 13.2 Å². The van der Waals surface area contributed by atoms with Crippen LogP contribution in [0.3, 0.4) is 0 Å². The Labute approximate surface area is 125 Å². The molecule has 3 N–H and O–H groups in total. The van der Waals surface area contributed by atoms with Crippen molar-refractivity contribution in [2.45, 2.75) is 31.4 Å². The molecule has 112 valence electrons. The molecule has 1 aliphatic carbocycles. The fourth-order valence-electron chi connectivity index (χ4n) is 3.32. The third kappa shape index (κ3) is 3.26. The van der Waals surface area contributed by atoms with Gasteiger partial charge in [-0.2, -0.15) is 0 Å². The lowest BCUT2D eigenvalue weighted by molar-refractivity contribution is 0.155. The molecule has 2 aromatic carbocycles. The average molecular weight is 285 g/mol. The van der Waals surface area contributed by atoms with Gasteiger partial charge in [-0.1, -0.05) is 42.8 Å². The molecule has 0 spiro atoms. The molecule has 0 saturated heterocycles. The van der Waals surface area contributed by atoms with Crippen LogP contribution in [0.5, 0.6) is 0 Å². The fraction of sp³-hybridized carbons (Fsp3) is 0.444. The molecule has 0 bridgehead atoms. The van der Waals surface area contributed by atoms with Gasteiger partial charge >= 0.3 is 0 Å². The Kier molecular flexibility index (Phi) is 4.54. The van der Waals surface area contributed by atoms with Crippen molar-refractivity contribution in [2.24, 2.45) is 5.92 Å². The third-order valence-electron chi connectivity index (χ3n) is 4.63. The number of rotatable bonds is 5. The highest BCUT2D eigenvalue weighted by molar-refractivity contribution is 5.83. The molecule has 3 rings (SSSR count). The largest absolute Gasteiger partial charge is 0.396 e. The van der Waals surface area contributed by atoms with E-state index >= 15 is 0 Å². The summed E-state index contributed by atoms with van der Waals surface area (Å²) in [6.07, 6.45) is 2.83. The van der Waals surface area contributed by atoms with Crippen LogP contribution in [0.15, 0.2) is 42.5 Å². The van der Waals surface area contributed by atoms with E-state index in [0.717, 1.165) is 30.2 Å². The normalized spacial score (nSPS) is 23.5. The summed E-state index contributed by atoms with van der Waals surface area (Å²) < 4.78 is 0. The molecule has 3 unspecified atom stereocenters. The molecular formula is C18H23NO2. The SMILES string of the molecule is OCC1CCCC1NCC(O)c1ccc2ccccc2c1. The first-order valence-electron chi connectivity index (χ1n) is 7.79. The van der Waals surface area contributed by atoms with Gasteiger partial charge in [-0.05, 0) is 41.2 Å². The van der Waals surface area contributed by atoms with E-state index in [1.807, 2.05) is 18.2 Å². The van der Waals surface area contributed by atoms with Gasteiger partial charge in [-0.3, -0.25) is 0 Å². The predicted octanol–water partition coefficient (Wildman–Crippen LogP) is 2.62. The van der Waals surface area contributed by atoms with Crippen LogP contribution >= 0.6 is 0 Å². The van der Waals surface area contributed by atoms with E-state index in [2.05, 4.69) is 29.6 Å². The molecular weight excluding hydrogens is 262 g/mol. The fourth-order valence-corrected chi connectivity index (χ4v) is 3.32. The minimum Gasteiger partial charge on any atom is -0.396 e. The lowest BCUT2D eigenvalue weighted by Crippen LogP contribution is -2.36. The van der Waals surface area contributed by atoms with Gasteiger partial charge < -0.3 is 15.5 Å². The number of hydrogen-bond donors (Lipinski definition) is 3. The second kappa shape index (κ2) is 6.56. The molecule has 0 aliphatic heterocycles. The summed E-state index contributed by atoms with van der Waals surface area (Å²) in [6.45, 7) is 0.781. The molecule has 3 atom stereocenters. The van der Waals surface area contributed by atoms with E-state index in [9.17, 15) is 10.2 Å². The van der Waals surface area contributed by atoms with E-state index in [-0.39, 0.29) is 6.61 Å². The van der Waals surface area contributed by atoms with Crippen LogP contribution in [-0.4, -0.2) is 29.4 Å². The van der Waals surface area contributed by atoms with Crippen molar-refractivity contribution in [3.63, 3.8) is 0 Å². The third-order valence-corrected chi connectivity index (χ3v) is 4.63. The lowest BCUT2D eigenvalue weighted by atomic mass is 10.0. The molecule has 0 heterocycles. The van der Waals surface area contributed by atoms with Crippen LogP contribution in [-0.2, 0) is 0 Å². The minimum atomic E-state index is -0.505. The molecule has 0 aromatic heterocycles. The second-order valence-electron chi connectivity index (χ2n) is 6.01. The molecule has 21 heavy (non-hydrogen) atoms. The van der Waals surface area contributed by atoms with Gasteiger partial charge in [0.1, 0.15) is 0 Å². The van der Waals surface area contributed by atoms with Gasteiger partial charge in [0, 0.05) is 19.2 Å². The highest BCUT2D eigenvalue weighted by Gasteiger charge is 2.26. The number of hydrogen-bond acceptors (Lipinski definition) is 3. The van der Waals surface area contributed by atoms with Gasteiger partial charge in [0.2, 0.25) is 0 Å². The summed E-state index contributed by atoms with van der Waals surface area (Å²) in [4.78, 5) is 0. The first kappa shape index (κ1) is 14.5. The average Bonchev–Trinajstić information content (AvgIpc) is 2.99. The Hall–Kier alpha value is -1.42. The van der Waals surface area contributed by atoms with Crippen molar-refractivity contribution in [1.82, 2.24) is 5.32 Å². The number of aliphatic hydroxyl groups excluding tert-OH is 2. The first-order chi connectivity index (χ1) is 10.3. The van der Waals surface area contributed by atoms with Crippen molar-refractivity contribution in [3.05, 3.63) is 48.0 Å². The maximum absolute atomic E-state index is 10.4. The highest BCUT2D eigenvalue weighted by Crippen LogP contribution is 2.26. The van der Waals surface area contributed by atoms with E-state index in [0.29, 0.717) is 18.5 Å². The van der Waals surface area contributed by atoms with Gasteiger partial charge in [0.05, 0.1) is 6.10 Å². The summed E-state index contributed by atoms with van der Waals surface area (Å²) in [5.41, 5.74) is 0.944. The number of benzene rings is 2. The van der Waals surface area contributed by atoms with Gasteiger partial charge in [0.25, 0.3) is 0 Å². The van der Waals surface area contributed by atoms with Gasteiger partial charge in [0.15, 0.2) is 0 Å². The summed E-state index contributed by atoms with van der Waals surface area (Å²) >= 11 is 0. The Balaban J connectivity index is 1.65. The van der Waals surface area contributed by atoms with Crippen LogP contribution in [0.1, 0.15) is 30.9 Å². The zero-order valence-corrected chi connectivity index (χ0v) is 12.2. The molecule has 3 nitrogen and oxygen atoms in total. The molecule has 0 amide bonds. The number of nitrogens with one attached hydrogen (secondary N) is 1. The van der Waals surface area contributed by atoms with E-state index < -0.39 is 6.10 Å². The zero-order valence-electron chi connectivity index (χ0n) is 12.2. The summed E-state index contributed by atoms with van der Waals surface area (Å²) in [5, 5.41) is 25.5. The zero-order chi connectivity index (χ0) is 14.7. The molecule has 3 heteroatoms. The molecule has 1 fully saturated rings. The van der Waals surface area contributed by atoms with Crippen LogP contribution in [0, 0.1) is 5.92 Å². The maximum atomic E-state index is 10.4. The molecule has 1 aliphatic rings. The second-order valence-corrected chi connectivity index (χ2v) is 6.01. The monoisotopic (exact) mass is 285 g/mol. The number of fused-ring (bicyclic) bond motifs is 1. The van der Waals surface area contributed by atoms with Gasteiger partial charge in [-0.25, -0.2) is 0 Å². The Morgan fingerprint density at radius 3 is 2.71 bits per heavy atom. The van der Waals surface area contributed by atoms with Crippen LogP contribution in [0.4, 0.5) is 0 Å². The minimum absolute atomic E-state index is 0.240. The smallest absolute Gasteiger partial charge is 0.0914 e. The Morgan fingerprint density at radius 1 is 1.10 bits per heavy atom. The number of aliphatic hydroxyl groups is 2. The maximum Gasteiger partial charge on any atom is 0.0914 e. The van der Waals surface area contributed by atoms with E-state index in [4.69, 9.17) is 0 Å². The van der Waals surface area contributed by atoms with Crippen molar-refractivity contribution in [1.29, 1.82) is 0 Å². The van der Waals surface area contributed by atoms with Crippen molar-refractivity contribution in [3.8, 4) is 0 Å². The summed E-state index contributed by atoms with van der Waals surface area (Å²) in [6, 6.07) is 14.6. The van der Waals surface area contributed by atoms with E-state index in [1.165, 1.54) is 5.39 Å². The summed E-state index contributed by atoms with van der Waals surface area (Å²) in [7, 11) is 0. The van der Waals surface area contributed by atoms with Crippen molar-refractivity contribution >= 4 is 10.8 Å². The standard InChI is InChI=1S/C18H23NO2/c20-12-16-6-3-7-17(16)19-11-18(21)15-9-8-13-4-1-2-5-14(13)10-15/h1-2,4-5,8-10,16-21H,3,6-7,11-12H2. The predicted molar refractivity (Wildman–Crippen MR) is 85.1 cm³/mol. The van der Waals surface area contributed by atoms with Crippen LogP contribution in [0.2, 0.25) is 0 Å².